The van der Waals surface area contributed by atoms with E-state index in [9.17, 15) is 9.59 Å². The molecule has 1 aromatic heterocycles. The molecule has 3 aromatic rings. The first-order valence-electron chi connectivity index (χ1n) is 9.68. The van der Waals surface area contributed by atoms with E-state index < -0.39 is 6.03 Å². The van der Waals surface area contributed by atoms with Gasteiger partial charge in [-0.15, -0.1) is 0 Å². The van der Waals surface area contributed by atoms with Gasteiger partial charge < -0.3 is 14.5 Å². The fourth-order valence-corrected chi connectivity index (χ4v) is 2.58. The van der Waals surface area contributed by atoms with E-state index in [1.807, 2.05) is 25.1 Å². The standard InChI is InChI=1S/C23H23N3O4/c1-2-3-15-29-22(27)18-11-9-17(10-12-18)21-14-13-20(30-21)16-24-26-23(28)25-19-7-5-4-6-8-19/h4-14,16H,2-3,15H2,1H3,(H2,25,26,28)/b24-16-. The summed E-state index contributed by atoms with van der Waals surface area (Å²) in [5, 5.41) is 6.53. The SMILES string of the molecule is CCCCOC(=O)c1ccc(-c2ccc(/C=N\NC(=O)Nc3ccccc3)o2)cc1. The number of unbranched alkanes of at least 4 members (excludes halogenated alkanes) is 1. The molecular weight excluding hydrogens is 382 g/mol. The van der Waals surface area contributed by atoms with Crippen LogP contribution in [0.15, 0.2) is 76.2 Å². The van der Waals surface area contributed by atoms with Crippen molar-refractivity contribution >= 4 is 23.9 Å². The number of benzene rings is 2. The monoisotopic (exact) mass is 405 g/mol. The van der Waals surface area contributed by atoms with Crippen LogP contribution < -0.4 is 10.7 Å². The zero-order valence-electron chi connectivity index (χ0n) is 16.6. The topological polar surface area (TPSA) is 92.9 Å². The molecule has 2 N–H and O–H groups in total. The highest BCUT2D eigenvalue weighted by Gasteiger charge is 2.09. The molecule has 154 valence electrons. The van der Waals surface area contributed by atoms with Crippen LogP contribution in [0.5, 0.6) is 0 Å². The highest BCUT2D eigenvalue weighted by molar-refractivity contribution is 5.90. The number of hydrogen-bond donors (Lipinski definition) is 2. The molecule has 3 rings (SSSR count). The zero-order valence-corrected chi connectivity index (χ0v) is 16.6. The molecule has 0 fully saturated rings. The van der Waals surface area contributed by atoms with Crippen molar-refractivity contribution in [3.8, 4) is 11.3 Å². The summed E-state index contributed by atoms with van der Waals surface area (Å²) in [6, 6.07) is 19.1. The van der Waals surface area contributed by atoms with Gasteiger partial charge in [0.15, 0.2) is 0 Å². The lowest BCUT2D eigenvalue weighted by atomic mass is 10.1. The molecule has 0 aliphatic rings. The molecule has 0 radical (unpaired) electrons. The minimum absolute atomic E-state index is 0.331. The Balaban J connectivity index is 1.53. The van der Waals surface area contributed by atoms with Gasteiger partial charge in [0.05, 0.1) is 18.4 Å². The lowest BCUT2D eigenvalue weighted by Crippen LogP contribution is -2.24. The van der Waals surface area contributed by atoms with Gasteiger partial charge in [0.25, 0.3) is 0 Å². The van der Waals surface area contributed by atoms with Crippen LogP contribution in [0.2, 0.25) is 0 Å². The van der Waals surface area contributed by atoms with E-state index in [1.54, 1.807) is 48.5 Å². The number of anilines is 1. The van der Waals surface area contributed by atoms with E-state index >= 15 is 0 Å². The van der Waals surface area contributed by atoms with Crippen LogP contribution in [-0.4, -0.2) is 24.8 Å². The Morgan fingerprint density at radius 3 is 2.53 bits per heavy atom. The Bertz CT molecular complexity index is 995. The molecule has 1 heterocycles. The average Bonchev–Trinajstić information content (AvgIpc) is 3.23. The van der Waals surface area contributed by atoms with Crippen molar-refractivity contribution in [2.45, 2.75) is 19.8 Å². The fourth-order valence-electron chi connectivity index (χ4n) is 2.58. The van der Waals surface area contributed by atoms with E-state index in [-0.39, 0.29) is 5.97 Å². The summed E-state index contributed by atoms with van der Waals surface area (Å²) in [7, 11) is 0. The summed E-state index contributed by atoms with van der Waals surface area (Å²) >= 11 is 0. The fraction of sp³-hybridized carbons (Fsp3) is 0.174. The van der Waals surface area contributed by atoms with E-state index in [0.717, 1.165) is 18.4 Å². The van der Waals surface area contributed by atoms with E-state index in [4.69, 9.17) is 9.15 Å². The normalized spacial score (nSPS) is 10.7. The zero-order chi connectivity index (χ0) is 21.2. The smallest absolute Gasteiger partial charge is 0.339 e. The second kappa shape index (κ2) is 10.6. The van der Waals surface area contributed by atoms with Crippen molar-refractivity contribution in [1.82, 2.24) is 5.43 Å². The first-order valence-corrected chi connectivity index (χ1v) is 9.68. The molecule has 7 nitrogen and oxygen atoms in total. The largest absolute Gasteiger partial charge is 0.462 e. The van der Waals surface area contributed by atoms with E-state index in [0.29, 0.717) is 29.4 Å². The highest BCUT2D eigenvalue weighted by Crippen LogP contribution is 2.22. The molecule has 0 saturated heterocycles. The van der Waals surface area contributed by atoms with Crippen molar-refractivity contribution in [3.05, 3.63) is 78.1 Å². The minimum Gasteiger partial charge on any atom is -0.462 e. The Morgan fingerprint density at radius 1 is 1.03 bits per heavy atom. The number of nitrogens with one attached hydrogen (secondary N) is 2. The number of carbonyl (C=O) groups is 2. The number of rotatable bonds is 8. The number of ether oxygens (including phenoxy) is 1. The lowest BCUT2D eigenvalue weighted by Gasteiger charge is -2.04. The second-order valence-electron chi connectivity index (χ2n) is 6.46. The molecular formula is C23H23N3O4. The first-order chi connectivity index (χ1) is 14.7. The molecule has 0 atom stereocenters. The molecule has 0 aliphatic heterocycles. The van der Waals surface area contributed by atoms with Gasteiger partial charge in [0.2, 0.25) is 0 Å². The Kier molecular flexibility index (Phi) is 7.38. The number of hydrogen-bond acceptors (Lipinski definition) is 5. The maximum atomic E-state index is 12.0. The van der Waals surface area contributed by atoms with Crippen LogP contribution in [0.25, 0.3) is 11.3 Å². The van der Waals surface area contributed by atoms with Crippen LogP contribution in [0.4, 0.5) is 10.5 Å². The van der Waals surface area contributed by atoms with Crippen molar-refractivity contribution < 1.29 is 18.7 Å². The van der Waals surface area contributed by atoms with Gasteiger partial charge >= 0.3 is 12.0 Å². The third-order valence-corrected chi connectivity index (χ3v) is 4.15. The number of nitrogens with zero attached hydrogens (tertiary/aromatic N) is 1. The number of hydrazone groups is 1. The van der Waals surface area contributed by atoms with Gasteiger partial charge in [0, 0.05) is 11.3 Å². The summed E-state index contributed by atoms with van der Waals surface area (Å²) in [6.07, 6.45) is 3.24. The van der Waals surface area contributed by atoms with Gasteiger partial charge in [-0.25, -0.2) is 15.0 Å². The summed E-state index contributed by atoms with van der Waals surface area (Å²) in [6.45, 7) is 2.47. The van der Waals surface area contributed by atoms with Gasteiger partial charge in [-0.3, -0.25) is 0 Å². The van der Waals surface area contributed by atoms with Gasteiger partial charge in [-0.1, -0.05) is 43.7 Å². The molecule has 2 aromatic carbocycles. The van der Waals surface area contributed by atoms with Crippen molar-refractivity contribution in [3.63, 3.8) is 0 Å². The van der Waals surface area contributed by atoms with Gasteiger partial charge in [-0.2, -0.15) is 5.10 Å². The summed E-state index contributed by atoms with van der Waals surface area (Å²) < 4.78 is 10.9. The number of esters is 1. The van der Waals surface area contributed by atoms with Gasteiger partial charge in [0.1, 0.15) is 11.5 Å². The second-order valence-corrected chi connectivity index (χ2v) is 6.46. The number of para-hydroxylation sites is 1. The minimum atomic E-state index is -0.453. The molecule has 0 spiro atoms. The van der Waals surface area contributed by atoms with Crippen LogP contribution in [0.3, 0.4) is 0 Å². The highest BCUT2D eigenvalue weighted by atomic mass is 16.5. The Hall–Kier alpha value is -3.87. The van der Waals surface area contributed by atoms with Crippen molar-refractivity contribution in [2.75, 3.05) is 11.9 Å². The molecule has 0 bridgehead atoms. The molecule has 2 amide bonds. The molecule has 0 aliphatic carbocycles. The molecule has 7 heteroatoms. The summed E-state index contributed by atoms with van der Waals surface area (Å²) in [5.41, 5.74) is 4.36. The van der Waals surface area contributed by atoms with Crippen molar-refractivity contribution in [2.24, 2.45) is 5.10 Å². The number of urea groups is 1. The van der Waals surface area contributed by atoms with Gasteiger partial charge in [-0.05, 0) is 42.8 Å². The summed E-state index contributed by atoms with van der Waals surface area (Å²) in [4.78, 5) is 23.8. The van der Waals surface area contributed by atoms with Crippen LogP contribution in [0.1, 0.15) is 35.9 Å². The summed E-state index contributed by atoms with van der Waals surface area (Å²) in [5.74, 6) is 0.770. The predicted molar refractivity (Wildman–Crippen MR) is 116 cm³/mol. The number of carbonyl (C=O) groups excluding carboxylic acids is 2. The predicted octanol–water partition coefficient (Wildman–Crippen LogP) is 5.06. The lowest BCUT2D eigenvalue weighted by molar-refractivity contribution is 0.0499. The quantitative estimate of drug-likeness (QED) is 0.237. The van der Waals surface area contributed by atoms with Crippen LogP contribution in [0, 0.1) is 0 Å². The molecule has 0 saturated carbocycles. The first kappa shape index (κ1) is 20.9. The maximum Gasteiger partial charge on any atom is 0.339 e. The molecule has 30 heavy (non-hydrogen) atoms. The van der Waals surface area contributed by atoms with E-state index in [1.165, 1.54) is 6.21 Å². The maximum absolute atomic E-state index is 12.0. The van der Waals surface area contributed by atoms with Crippen LogP contribution in [-0.2, 0) is 4.74 Å². The Labute approximate surface area is 174 Å². The van der Waals surface area contributed by atoms with E-state index in [2.05, 4.69) is 15.8 Å². The number of amides is 2. The average molecular weight is 405 g/mol. The third-order valence-electron chi connectivity index (χ3n) is 4.15. The number of furan rings is 1. The van der Waals surface area contributed by atoms with Crippen molar-refractivity contribution in [1.29, 1.82) is 0 Å². The molecule has 0 unspecified atom stereocenters. The van der Waals surface area contributed by atoms with Crippen LogP contribution >= 0.6 is 0 Å². The third kappa shape index (κ3) is 6.07. The Morgan fingerprint density at radius 2 is 1.80 bits per heavy atom.